The SMILES string of the molecule is CC(C)C(=O)Nc1ccc(C(=O)N2CCC(C(=O)NCC3CCCCC3)CC2)cc1. The van der Waals surface area contributed by atoms with Crippen molar-refractivity contribution in [3.8, 4) is 0 Å². The summed E-state index contributed by atoms with van der Waals surface area (Å²) in [5.41, 5.74) is 1.30. The van der Waals surface area contributed by atoms with Gasteiger partial charge in [0.25, 0.3) is 5.91 Å². The highest BCUT2D eigenvalue weighted by Gasteiger charge is 2.28. The molecular weight excluding hydrogens is 378 g/mol. The molecule has 0 unspecified atom stereocenters. The number of nitrogens with zero attached hydrogens (tertiary/aromatic N) is 1. The smallest absolute Gasteiger partial charge is 0.253 e. The van der Waals surface area contributed by atoms with E-state index in [9.17, 15) is 14.4 Å². The lowest BCUT2D eigenvalue weighted by Gasteiger charge is -2.32. The molecule has 0 radical (unpaired) electrons. The van der Waals surface area contributed by atoms with Crippen molar-refractivity contribution < 1.29 is 14.4 Å². The molecule has 6 nitrogen and oxygen atoms in total. The first-order chi connectivity index (χ1) is 14.4. The number of hydrogen-bond donors (Lipinski definition) is 2. The van der Waals surface area contributed by atoms with Crippen LogP contribution in [0.15, 0.2) is 24.3 Å². The topological polar surface area (TPSA) is 78.5 Å². The molecule has 1 aromatic rings. The van der Waals surface area contributed by atoms with Gasteiger partial charge in [0.1, 0.15) is 0 Å². The van der Waals surface area contributed by atoms with Gasteiger partial charge >= 0.3 is 0 Å². The summed E-state index contributed by atoms with van der Waals surface area (Å²) < 4.78 is 0. The van der Waals surface area contributed by atoms with Crippen molar-refractivity contribution in [3.63, 3.8) is 0 Å². The Morgan fingerprint density at radius 3 is 2.20 bits per heavy atom. The number of nitrogens with one attached hydrogen (secondary N) is 2. The fourth-order valence-electron chi connectivity index (χ4n) is 4.29. The zero-order valence-corrected chi connectivity index (χ0v) is 18.3. The Morgan fingerprint density at radius 2 is 1.60 bits per heavy atom. The van der Waals surface area contributed by atoms with Crippen LogP contribution in [0.5, 0.6) is 0 Å². The molecule has 0 bridgehead atoms. The number of rotatable bonds is 6. The average molecular weight is 414 g/mol. The van der Waals surface area contributed by atoms with Gasteiger partial charge in [0, 0.05) is 42.7 Å². The number of hydrogen-bond acceptors (Lipinski definition) is 3. The van der Waals surface area contributed by atoms with Gasteiger partial charge in [-0.3, -0.25) is 14.4 Å². The fourth-order valence-corrected chi connectivity index (χ4v) is 4.29. The molecule has 1 aliphatic heterocycles. The minimum atomic E-state index is -0.0903. The maximum atomic E-state index is 12.8. The first-order valence-corrected chi connectivity index (χ1v) is 11.4. The van der Waals surface area contributed by atoms with Crippen molar-refractivity contribution >= 4 is 23.4 Å². The highest BCUT2D eigenvalue weighted by atomic mass is 16.2. The van der Waals surface area contributed by atoms with Crippen LogP contribution in [-0.4, -0.2) is 42.3 Å². The Hall–Kier alpha value is -2.37. The highest BCUT2D eigenvalue weighted by molar-refractivity contribution is 5.96. The van der Waals surface area contributed by atoms with Gasteiger partial charge in [-0.1, -0.05) is 33.1 Å². The van der Waals surface area contributed by atoms with Crippen LogP contribution in [0.2, 0.25) is 0 Å². The lowest BCUT2D eigenvalue weighted by Crippen LogP contribution is -2.43. The summed E-state index contributed by atoms with van der Waals surface area (Å²) in [5.74, 6) is 0.644. The number of benzene rings is 1. The Balaban J connectivity index is 1.44. The Morgan fingerprint density at radius 1 is 0.967 bits per heavy atom. The second-order valence-electron chi connectivity index (χ2n) is 9.04. The molecule has 1 saturated carbocycles. The van der Waals surface area contributed by atoms with E-state index in [0.29, 0.717) is 43.1 Å². The molecule has 1 aromatic carbocycles. The summed E-state index contributed by atoms with van der Waals surface area (Å²) in [5, 5.41) is 5.98. The quantitative estimate of drug-likeness (QED) is 0.744. The van der Waals surface area contributed by atoms with Crippen molar-refractivity contribution in [2.24, 2.45) is 17.8 Å². The van der Waals surface area contributed by atoms with E-state index in [1.807, 2.05) is 18.7 Å². The number of carbonyl (C=O) groups excluding carboxylic acids is 3. The minimum absolute atomic E-state index is 0.00580. The molecule has 6 heteroatoms. The van der Waals surface area contributed by atoms with Crippen LogP contribution in [0.1, 0.15) is 69.2 Å². The van der Waals surface area contributed by atoms with Crippen molar-refractivity contribution in [2.45, 2.75) is 58.8 Å². The molecule has 1 heterocycles. The molecule has 0 spiro atoms. The van der Waals surface area contributed by atoms with E-state index < -0.39 is 0 Å². The summed E-state index contributed by atoms with van der Waals surface area (Å²) in [6.45, 7) is 5.69. The standard InChI is InChI=1S/C24H35N3O3/c1-17(2)22(28)26-21-10-8-20(9-11-21)24(30)27-14-12-19(13-15-27)23(29)25-16-18-6-4-3-5-7-18/h8-11,17-19H,3-7,12-16H2,1-2H3,(H,25,29)(H,26,28). The van der Waals surface area contributed by atoms with Gasteiger partial charge in [-0.05, 0) is 55.9 Å². The van der Waals surface area contributed by atoms with Gasteiger partial charge in [0.15, 0.2) is 0 Å². The normalized spacial score (nSPS) is 18.3. The van der Waals surface area contributed by atoms with E-state index in [-0.39, 0.29) is 29.6 Å². The van der Waals surface area contributed by atoms with Crippen LogP contribution in [0, 0.1) is 17.8 Å². The molecule has 1 saturated heterocycles. The maximum absolute atomic E-state index is 12.8. The van der Waals surface area contributed by atoms with Crippen molar-refractivity contribution in [1.29, 1.82) is 0 Å². The molecule has 2 N–H and O–H groups in total. The molecule has 30 heavy (non-hydrogen) atoms. The Labute approximate surface area is 179 Å². The zero-order valence-electron chi connectivity index (χ0n) is 18.3. The van der Waals surface area contributed by atoms with Crippen LogP contribution < -0.4 is 10.6 Å². The predicted octanol–water partition coefficient (Wildman–Crippen LogP) is 3.83. The van der Waals surface area contributed by atoms with E-state index in [2.05, 4.69) is 10.6 Å². The summed E-state index contributed by atoms with van der Waals surface area (Å²) >= 11 is 0. The molecule has 2 aliphatic rings. The van der Waals surface area contributed by atoms with Crippen LogP contribution in [0.3, 0.4) is 0 Å². The lowest BCUT2D eigenvalue weighted by molar-refractivity contribution is -0.126. The number of likely N-dealkylation sites (tertiary alicyclic amines) is 1. The third kappa shape index (κ3) is 6.07. The molecule has 2 fully saturated rings. The van der Waals surface area contributed by atoms with E-state index in [0.717, 1.165) is 6.54 Å². The summed E-state index contributed by atoms with van der Waals surface area (Å²) in [4.78, 5) is 38.9. The first kappa shape index (κ1) is 22.3. The number of amides is 3. The summed E-state index contributed by atoms with van der Waals surface area (Å²) in [7, 11) is 0. The second-order valence-corrected chi connectivity index (χ2v) is 9.04. The molecule has 0 atom stereocenters. The van der Waals surface area contributed by atoms with Gasteiger partial charge in [-0.2, -0.15) is 0 Å². The van der Waals surface area contributed by atoms with Crippen molar-refractivity contribution in [2.75, 3.05) is 25.0 Å². The van der Waals surface area contributed by atoms with Gasteiger partial charge in [-0.25, -0.2) is 0 Å². The minimum Gasteiger partial charge on any atom is -0.356 e. The van der Waals surface area contributed by atoms with E-state index >= 15 is 0 Å². The van der Waals surface area contributed by atoms with Crippen LogP contribution in [0.4, 0.5) is 5.69 Å². The van der Waals surface area contributed by atoms with E-state index in [1.165, 1.54) is 32.1 Å². The molecule has 1 aliphatic carbocycles. The molecule has 3 rings (SSSR count). The Kier molecular flexibility index (Phi) is 7.88. The van der Waals surface area contributed by atoms with Gasteiger partial charge in [0.2, 0.25) is 11.8 Å². The number of anilines is 1. The summed E-state index contributed by atoms with van der Waals surface area (Å²) in [6, 6.07) is 7.03. The zero-order chi connectivity index (χ0) is 21.5. The lowest BCUT2D eigenvalue weighted by atomic mass is 9.89. The molecule has 0 aromatic heterocycles. The summed E-state index contributed by atoms with van der Waals surface area (Å²) in [6.07, 6.45) is 7.78. The predicted molar refractivity (Wildman–Crippen MR) is 118 cm³/mol. The number of piperidine rings is 1. The Bertz CT molecular complexity index is 731. The van der Waals surface area contributed by atoms with Gasteiger partial charge in [0.05, 0.1) is 0 Å². The van der Waals surface area contributed by atoms with Crippen LogP contribution in [0.25, 0.3) is 0 Å². The van der Waals surface area contributed by atoms with Gasteiger partial charge < -0.3 is 15.5 Å². The first-order valence-electron chi connectivity index (χ1n) is 11.4. The number of carbonyl (C=O) groups is 3. The third-order valence-electron chi connectivity index (χ3n) is 6.37. The molecule has 164 valence electrons. The second kappa shape index (κ2) is 10.6. The fraction of sp³-hybridized carbons (Fsp3) is 0.625. The van der Waals surface area contributed by atoms with Crippen LogP contribution in [-0.2, 0) is 9.59 Å². The van der Waals surface area contributed by atoms with E-state index in [4.69, 9.17) is 0 Å². The largest absolute Gasteiger partial charge is 0.356 e. The average Bonchev–Trinajstić information content (AvgIpc) is 2.78. The monoisotopic (exact) mass is 413 g/mol. The van der Waals surface area contributed by atoms with Crippen LogP contribution >= 0.6 is 0 Å². The molecular formula is C24H35N3O3. The highest BCUT2D eigenvalue weighted by Crippen LogP contribution is 2.24. The molecule has 3 amide bonds. The van der Waals surface area contributed by atoms with E-state index in [1.54, 1.807) is 24.3 Å². The van der Waals surface area contributed by atoms with Crippen molar-refractivity contribution in [3.05, 3.63) is 29.8 Å². The maximum Gasteiger partial charge on any atom is 0.253 e. The van der Waals surface area contributed by atoms with Crippen molar-refractivity contribution in [1.82, 2.24) is 10.2 Å². The third-order valence-corrected chi connectivity index (χ3v) is 6.37. The van der Waals surface area contributed by atoms with Gasteiger partial charge in [-0.15, -0.1) is 0 Å².